The molecule has 27 heavy (non-hydrogen) atoms. The maximum absolute atomic E-state index is 12.2. The highest BCUT2D eigenvalue weighted by molar-refractivity contribution is 5.72. The van der Waals surface area contributed by atoms with Crippen LogP contribution in [-0.4, -0.2) is 46.9 Å². The van der Waals surface area contributed by atoms with E-state index in [1.165, 1.54) is 0 Å². The van der Waals surface area contributed by atoms with Gasteiger partial charge in [-0.15, -0.1) is 0 Å². The van der Waals surface area contributed by atoms with E-state index in [4.69, 9.17) is 9.15 Å². The van der Waals surface area contributed by atoms with Crippen molar-refractivity contribution in [2.24, 2.45) is 0 Å². The van der Waals surface area contributed by atoms with Gasteiger partial charge in [-0.2, -0.15) is 0 Å². The number of β-amino-alcohol motifs (C(OH)–C–C–N with tert-alkyl or cyclic N) is 1. The number of aromatic nitrogens is 1. The van der Waals surface area contributed by atoms with Gasteiger partial charge < -0.3 is 19.2 Å². The zero-order chi connectivity index (χ0) is 18.6. The molecule has 1 atom stereocenters. The zero-order valence-corrected chi connectivity index (χ0v) is 15.2. The molecule has 0 bridgehead atoms. The van der Waals surface area contributed by atoms with Gasteiger partial charge in [-0.3, -0.25) is 4.57 Å². The lowest BCUT2D eigenvalue weighted by Crippen LogP contribution is -2.42. The molecule has 6 heteroatoms. The first-order valence-electron chi connectivity index (χ1n) is 9.39. The molecule has 0 saturated carbocycles. The molecule has 1 N–H and O–H groups in total. The first kappa shape index (κ1) is 17.8. The number of hydrogen-bond acceptors (Lipinski definition) is 5. The minimum atomic E-state index is -0.542. The highest BCUT2D eigenvalue weighted by atomic mass is 16.5. The standard InChI is InChI=1S/C21H24N2O4/c24-17(15-26-18-6-2-1-3-7-18)14-22-12-10-16(11-13-22)23-19-8-4-5-9-20(19)27-21(23)25/h1-9,16-17,24H,10-15H2. The molecule has 1 unspecified atom stereocenters. The van der Waals surface area contributed by atoms with Crippen molar-refractivity contribution in [3.8, 4) is 5.75 Å². The van der Waals surface area contributed by atoms with Crippen molar-refractivity contribution in [1.29, 1.82) is 0 Å². The fraction of sp³-hybridized carbons (Fsp3) is 0.381. The summed E-state index contributed by atoms with van der Waals surface area (Å²) >= 11 is 0. The Kier molecular flexibility index (Phi) is 5.27. The molecule has 1 fully saturated rings. The second-order valence-electron chi connectivity index (χ2n) is 7.02. The van der Waals surface area contributed by atoms with Crippen LogP contribution in [0.3, 0.4) is 0 Å². The molecule has 3 aromatic rings. The van der Waals surface area contributed by atoms with Crippen molar-refractivity contribution in [1.82, 2.24) is 9.47 Å². The Balaban J connectivity index is 1.31. The predicted molar refractivity (Wildman–Crippen MR) is 103 cm³/mol. The van der Waals surface area contributed by atoms with Crippen molar-refractivity contribution in [3.63, 3.8) is 0 Å². The number of aliphatic hydroxyl groups is 1. The molecule has 1 aliphatic rings. The van der Waals surface area contributed by atoms with Crippen molar-refractivity contribution < 1.29 is 14.3 Å². The first-order valence-corrected chi connectivity index (χ1v) is 9.39. The average Bonchev–Trinajstić information content (AvgIpc) is 3.04. The summed E-state index contributed by atoms with van der Waals surface area (Å²) < 4.78 is 12.8. The van der Waals surface area contributed by atoms with E-state index in [0.717, 1.165) is 37.2 Å². The minimum Gasteiger partial charge on any atom is -0.491 e. The molecule has 1 saturated heterocycles. The molecule has 4 rings (SSSR count). The number of nitrogens with zero attached hydrogens (tertiary/aromatic N) is 2. The first-order chi connectivity index (χ1) is 13.2. The number of benzene rings is 2. The van der Waals surface area contributed by atoms with Crippen LogP contribution in [0.2, 0.25) is 0 Å². The second kappa shape index (κ2) is 7.98. The molecule has 1 aliphatic heterocycles. The molecule has 2 aromatic carbocycles. The largest absolute Gasteiger partial charge is 0.491 e. The molecule has 0 aliphatic carbocycles. The molecule has 0 amide bonds. The number of rotatable bonds is 6. The van der Waals surface area contributed by atoms with Crippen LogP contribution in [0, 0.1) is 0 Å². The number of fused-ring (bicyclic) bond motifs is 1. The normalized spacial score (nSPS) is 17.2. The predicted octanol–water partition coefficient (Wildman–Crippen LogP) is 2.67. The van der Waals surface area contributed by atoms with Crippen LogP contribution in [0.15, 0.2) is 63.8 Å². The summed E-state index contributed by atoms with van der Waals surface area (Å²) in [6, 6.07) is 17.2. The maximum Gasteiger partial charge on any atom is 0.420 e. The molecular formula is C21H24N2O4. The van der Waals surface area contributed by atoms with Gasteiger partial charge in [-0.25, -0.2) is 4.79 Å². The van der Waals surface area contributed by atoms with Crippen molar-refractivity contribution in [3.05, 3.63) is 65.1 Å². The molecular weight excluding hydrogens is 344 g/mol. The number of likely N-dealkylation sites (tertiary alicyclic amines) is 1. The van der Waals surface area contributed by atoms with Crippen molar-refractivity contribution in [2.45, 2.75) is 25.0 Å². The molecule has 0 spiro atoms. The molecule has 6 nitrogen and oxygen atoms in total. The van der Waals surface area contributed by atoms with Crippen LogP contribution in [0.4, 0.5) is 0 Å². The van der Waals surface area contributed by atoms with E-state index in [0.29, 0.717) is 12.1 Å². The van der Waals surface area contributed by atoms with Crippen LogP contribution in [0.5, 0.6) is 5.75 Å². The van der Waals surface area contributed by atoms with E-state index >= 15 is 0 Å². The number of hydrogen-bond donors (Lipinski definition) is 1. The number of para-hydroxylation sites is 3. The fourth-order valence-electron chi connectivity index (χ4n) is 3.75. The Bertz CT molecular complexity index is 926. The number of ether oxygens (including phenoxy) is 1. The Labute approximate surface area is 157 Å². The monoisotopic (exact) mass is 368 g/mol. The Morgan fingerprint density at radius 1 is 1.07 bits per heavy atom. The highest BCUT2D eigenvalue weighted by Gasteiger charge is 2.25. The Morgan fingerprint density at radius 2 is 1.78 bits per heavy atom. The summed E-state index contributed by atoms with van der Waals surface area (Å²) in [6.07, 6.45) is 1.17. The zero-order valence-electron chi connectivity index (χ0n) is 15.2. The lowest BCUT2D eigenvalue weighted by atomic mass is 10.0. The topological polar surface area (TPSA) is 67.8 Å². The van der Waals surface area contributed by atoms with Crippen LogP contribution >= 0.6 is 0 Å². The van der Waals surface area contributed by atoms with E-state index in [-0.39, 0.29) is 18.4 Å². The van der Waals surface area contributed by atoms with Gasteiger partial charge in [0.1, 0.15) is 18.5 Å². The summed E-state index contributed by atoms with van der Waals surface area (Å²) in [4.78, 5) is 14.5. The third-order valence-corrected chi connectivity index (χ3v) is 5.10. The Hall–Kier alpha value is -2.57. The van der Waals surface area contributed by atoms with E-state index in [1.54, 1.807) is 4.57 Å². The smallest absolute Gasteiger partial charge is 0.420 e. The molecule has 142 valence electrons. The molecule has 2 heterocycles. The van der Waals surface area contributed by atoms with Gasteiger partial charge in [0.2, 0.25) is 0 Å². The summed E-state index contributed by atoms with van der Waals surface area (Å²) in [7, 11) is 0. The van der Waals surface area contributed by atoms with Gasteiger partial charge in [0.05, 0.1) is 5.52 Å². The lowest BCUT2D eigenvalue weighted by Gasteiger charge is -2.33. The van der Waals surface area contributed by atoms with Gasteiger partial charge >= 0.3 is 5.76 Å². The van der Waals surface area contributed by atoms with Crippen LogP contribution < -0.4 is 10.5 Å². The van der Waals surface area contributed by atoms with Crippen LogP contribution in [0.25, 0.3) is 11.1 Å². The van der Waals surface area contributed by atoms with Gasteiger partial charge in [0.15, 0.2) is 5.58 Å². The Morgan fingerprint density at radius 3 is 2.56 bits per heavy atom. The van der Waals surface area contributed by atoms with Crippen molar-refractivity contribution >= 4 is 11.1 Å². The lowest BCUT2D eigenvalue weighted by molar-refractivity contribution is 0.0557. The second-order valence-corrected chi connectivity index (χ2v) is 7.02. The third-order valence-electron chi connectivity index (χ3n) is 5.10. The SMILES string of the molecule is O=c1oc2ccccc2n1C1CCN(CC(O)COc2ccccc2)CC1. The third kappa shape index (κ3) is 4.07. The van der Waals surface area contributed by atoms with Gasteiger partial charge in [0.25, 0.3) is 0 Å². The van der Waals surface area contributed by atoms with E-state index < -0.39 is 6.10 Å². The van der Waals surface area contributed by atoms with Gasteiger partial charge in [-0.1, -0.05) is 30.3 Å². The summed E-state index contributed by atoms with van der Waals surface area (Å²) in [5, 5.41) is 10.3. The van der Waals surface area contributed by atoms with E-state index in [9.17, 15) is 9.90 Å². The molecule has 0 radical (unpaired) electrons. The number of oxazole rings is 1. The quantitative estimate of drug-likeness (QED) is 0.725. The number of aliphatic hydroxyl groups excluding tert-OH is 1. The number of piperidine rings is 1. The summed E-state index contributed by atoms with van der Waals surface area (Å²) in [5.41, 5.74) is 1.50. The van der Waals surface area contributed by atoms with E-state index in [1.807, 2.05) is 54.6 Å². The average molecular weight is 368 g/mol. The van der Waals surface area contributed by atoms with Gasteiger partial charge in [-0.05, 0) is 37.1 Å². The van der Waals surface area contributed by atoms with Crippen molar-refractivity contribution in [2.75, 3.05) is 26.2 Å². The summed E-state index contributed by atoms with van der Waals surface area (Å²) in [5.74, 6) is 0.479. The molecule has 1 aromatic heterocycles. The fourth-order valence-corrected chi connectivity index (χ4v) is 3.75. The van der Waals surface area contributed by atoms with E-state index in [2.05, 4.69) is 4.90 Å². The van der Waals surface area contributed by atoms with Gasteiger partial charge in [0, 0.05) is 25.7 Å². The maximum atomic E-state index is 12.2. The minimum absolute atomic E-state index is 0.134. The highest BCUT2D eigenvalue weighted by Crippen LogP contribution is 2.25. The summed E-state index contributed by atoms with van der Waals surface area (Å²) in [6.45, 7) is 2.51. The van der Waals surface area contributed by atoms with Crippen LogP contribution in [-0.2, 0) is 0 Å². The van der Waals surface area contributed by atoms with Crippen LogP contribution in [0.1, 0.15) is 18.9 Å².